The minimum atomic E-state index is -4.63. The summed E-state index contributed by atoms with van der Waals surface area (Å²) in [6.45, 7) is 5.61. The number of carbonyl (C=O) groups is 1. The Labute approximate surface area is 175 Å². The fraction of sp³-hybridized carbons (Fsp3) is 0.455. The Morgan fingerprint density at radius 1 is 1.38 bits per heavy atom. The van der Waals surface area contributed by atoms with Crippen LogP contribution in [0.15, 0.2) is 57.7 Å². The van der Waals surface area contributed by atoms with Crippen LogP contribution in [0.4, 0.5) is 13.2 Å². The number of amides is 1. The molecule has 1 amide bonds. The van der Waals surface area contributed by atoms with Crippen LogP contribution in [0.25, 0.3) is 0 Å². The van der Waals surface area contributed by atoms with Crippen molar-refractivity contribution in [2.45, 2.75) is 59.1 Å². The summed E-state index contributed by atoms with van der Waals surface area (Å²) in [6, 6.07) is 1.52. The van der Waals surface area contributed by atoms with Gasteiger partial charge >= 0.3 is 6.18 Å². The highest BCUT2D eigenvalue weighted by Crippen LogP contribution is 2.33. The number of halogens is 3. The number of nitriles is 1. The number of carbonyl (C=O) groups excluding carboxylic acids is 1. The molecule has 3 nitrogen and oxygen atoms in total. The molecule has 0 aromatic carbocycles. The van der Waals surface area contributed by atoms with Gasteiger partial charge in [0.2, 0.25) is 0 Å². The van der Waals surface area contributed by atoms with E-state index in [9.17, 15) is 18.0 Å². The molecule has 0 bridgehead atoms. The lowest BCUT2D eigenvalue weighted by Gasteiger charge is -2.17. The van der Waals surface area contributed by atoms with Crippen molar-refractivity contribution in [1.29, 1.82) is 5.26 Å². The zero-order valence-corrected chi connectivity index (χ0v) is 17.8. The van der Waals surface area contributed by atoms with Crippen LogP contribution >= 0.6 is 11.8 Å². The molecule has 0 aliphatic heterocycles. The number of alkyl halides is 3. The van der Waals surface area contributed by atoms with E-state index in [1.165, 1.54) is 12.1 Å². The first-order valence-electron chi connectivity index (χ1n) is 9.62. The largest absolute Gasteiger partial charge is 0.413 e. The zero-order chi connectivity index (χ0) is 21.9. The third-order valence-corrected chi connectivity index (χ3v) is 5.22. The number of rotatable bonds is 9. The van der Waals surface area contributed by atoms with Gasteiger partial charge in [-0.2, -0.15) is 18.4 Å². The molecule has 7 heteroatoms. The van der Waals surface area contributed by atoms with E-state index < -0.39 is 24.1 Å². The Kier molecular flexibility index (Phi) is 10.6. The SMILES string of the molecule is C/C=C(\C=C(/CC#N)C(F)(F)F)NC(=O)C1=C(SCC)CC=CC=C1CCCC. The molecule has 1 N–H and O–H groups in total. The first kappa shape index (κ1) is 24.8. The second kappa shape index (κ2) is 12.4. The van der Waals surface area contributed by atoms with E-state index in [1.807, 2.05) is 25.2 Å². The Morgan fingerprint density at radius 2 is 2.10 bits per heavy atom. The number of thioether (sulfide) groups is 1. The highest BCUT2D eigenvalue weighted by Gasteiger charge is 2.33. The van der Waals surface area contributed by atoms with Gasteiger partial charge in [0.1, 0.15) is 0 Å². The molecule has 0 heterocycles. The van der Waals surface area contributed by atoms with E-state index in [1.54, 1.807) is 18.7 Å². The van der Waals surface area contributed by atoms with Gasteiger partial charge in [0.05, 0.1) is 18.1 Å². The quantitative estimate of drug-likeness (QED) is 0.430. The van der Waals surface area contributed by atoms with Crippen LogP contribution in [0.2, 0.25) is 0 Å². The average Bonchev–Trinajstić information content (AvgIpc) is 2.86. The molecule has 1 aliphatic rings. The summed E-state index contributed by atoms with van der Waals surface area (Å²) in [7, 11) is 0. The van der Waals surface area contributed by atoms with Crippen molar-refractivity contribution in [2.24, 2.45) is 0 Å². The van der Waals surface area contributed by atoms with Crippen molar-refractivity contribution in [3.8, 4) is 6.07 Å². The van der Waals surface area contributed by atoms with Crippen LogP contribution in [0.5, 0.6) is 0 Å². The van der Waals surface area contributed by atoms with Gasteiger partial charge in [0.15, 0.2) is 0 Å². The Morgan fingerprint density at radius 3 is 2.66 bits per heavy atom. The molecule has 0 radical (unpaired) electrons. The summed E-state index contributed by atoms with van der Waals surface area (Å²) in [5, 5.41) is 11.3. The number of allylic oxidation sites excluding steroid dienone is 7. The minimum Gasteiger partial charge on any atom is -0.322 e. The van der Waals surface area contributed by atoms with Gasteiger partial charge in [0.25, 0.3) is 5.91 Å². The van der Waals surface area contributed by atoms with E-state index >= 15 is 0 Å². The van der Waals surface area contributed by atoms with Crippen molar-refractivity contribution in [1.82, 2.24) is 5.32 Å². The van der Waals surface area contributed by atoms with Crippen molar-refractivity contribution in [2.75, 3.05) is 5.75 Å². The molecular formula is C22H27F3N2OS. The molecule has 0 aromatic rings. The number of nitrogens with one attached hydrogen (secondary N) is 1. The predicted molar refractivity (Wildman–Crippen MR) is 113 cm³/mol. The molecule has 0 fully saturated rings. The number of unbranched alkanes of at least 4 members (excludes halogenated alkanes) is 1. The van der Waals surface area contributed by atoms with Gasteiger partial charge in [-0.15, -0.1) is 11.8 Å². The van der Waals surface area contributed by atoms with Gasteiger partial charge in [0, 0.05) is 16.2 Å². The van der Waals surface area contributed by atoms with E-state index in [0.29, 0.717) is 12.0 Å². The van der Waals surface area contributed by atoms with Crippen molar-refractivity contribution in [3.63, 3.8) is 0 Å². The topological polar surface area (TPSA) is 52.9 Å². The Balaban J connectivity index is 3.26. The van der Waals surface area contributed by atoms with Gasteiger partial charge in [-0.25, -0.2) is 0 Å². The number of hydrogen-bond acceptors (Lipinski definition) is 3. The Bertz CT molecular complexity index is 781. The molecule has 0 spiro atoms. The fourth-order valence-corrected chi connectivity index (χ4v) is 3.70. The molecule has 1 aliphatic carbocycles. The van der Waals surface area contributed by atoms with Crippen LogP contribution in [0.1, 0.15) is 52.9 Å². The van der Waals surface area contributed by atoms with Crippen molar-refractivity contribution in [3.05, 3.63) is 57.7 Å². The molecular weight excluding hydrogens is 397 g/mol. The smallest absolute Gasteiger partial charge is 0.322 e. The third kappa shape index (κ3) is 7.98. The number of nitrogens with zero attached hydrogens (tertiary/aromatic N) is 1. The maximum atomic E-state index is 13.1. The maximum absolute atomic E-state index is 13.1. The average molecular weight is 425 g/mol. The lowest BCUT2D eigenvalue weighted by Crippen LogP contribution is -2.26. The first-order chi connectivity index (χ1) is 13.8. The molecule has 0 saturated heterocycles. The molecule has 0 unspecified atom stereocenters. The summed E-state index contributed by atoms with van der Waals surface area (Å²) >= 11 is 1.57. The molecule has 0 atom stereocenters. The zero-order valence-electron chi connectivity index (χ0n) is 17.0. The number of hydrogen-bond donors (Lipinski definition) is 1. The van der Waals surface area contributed by atoms with Crippen molar-refractivity contribution < 1.29 is 18.0 Å². The minimum absolute atomic E-state index is 0.0259. The van der Waals surface area contributed by atoms with Crippen LogP contribution in [0, 0.1) is 11.3 Å². The van der Waals surface area contributed by atoms with Crippen LogP contribution in [-0.2, 0) is 4.79 Å². The lowest BCUT2D eigenvalue weighted by molar-refractivity contribution is -0.116. The highest BCUT2D eigenvalue weighted by atomic mass is 32.2. The van der Waals surface area contributed by atoms with Crippen LogP contribution in [-0.4, -0.2) is 17.8 Å². The van der Waals surface area contributed by atoms with Gasteiger partial charge in [-0.3, -0.25) is 4.79 Å². The fourth-order valence-electron chi connectivity index (χ4n) is 2.77. The van der Waals surface area contributed by atoms with E-state index in [0.717, 1.165) is 41.6 Å². The van der Waals surface area contributed by atoms with E-state index in [-0.39, 0.29) is 5.70 Å². The van der Waals surface area contributed by atoms with Crippen LogP contribution < -0.4 is 5.32 Å². The third-order valence-electron chi connectivity index (χ3n) is 4.21. The molecule has 0 aromatic heterocycles. The van der Waals surface area contributed by atoms with E-state index in [4.69, 9.17) is 5.26 Å². The highest BCUT2D eigenvalue weighted by molar-refractivity contribution is 8.03. The summed E-state index contributed by atoms with van der Waals surface area (Å²) in [6.07, 6.45) is 5.86. The lowest BCUT2D eigenvalue weighted by atomic mass is 9.98. The normalized spacial score (nSPS) is 15.7. The predicted octanol–water partition coefficient (Wildman–Crippen LogP) is 6.49. The van der Waals surface area contributed by atoms with E-state index in [2.05, 4.69) is 12.2 Å². The molecule has 158 valence electrons. The van der Waals surface area contributed by atoms with Crippen molar-refractivity contribution >= 4 is 17.7 Å². The molecule has 29 heavy (non-hydrogen) atoms. The van der Waals surface area contributed by atoms with Gasteiger partial charge in [-0.05, 0) is 43.6 Å². The second-order valence-electron chi connectivity index (χ2n) is 6.36. The molecule has 0 saturated carbocycles. The monoisotopic (exact) mass is 424 g/mol. The summed E-state index contributed by atoms with van der Waals surface area (Å²) in [5.74, 6) is 0.368. The summed E-state index contributed by atoms with van der Waals surface area (Å²) in [4.78, 5) is 14.0. The standard InChI is InChI=1S/C22H27F3N2OS/c1-4-7-10-16-11-8-9-12-19(29-6-3)20(16)21(28)27-18(5-2)15-17(13-14-26)22(23,24)25/h5,8-9,11,15H,4,6-7,10,12-13H2,1-3H3,(H,27,28)/b17-15+,18-5+. The van der Waals surface area contributed by atoms with Crippen LogP contribution in [0.3, 0.4) is 0 Å². The van der Waals surface area contributed by atoms with Gasteiger partial charge < -0.3 is 5.32 Å². The molecule has 1 rings (SSSR count). The summed E-state index contributed by atoms with van der Waals surface area (Å²) in [5.41, 5.74) is 0.464. The van der Waals surface area contributed by atoms with Gasteiger partial charge in [-0.1, -0.05) is 44.6 Å². The maximum Gasteiger partial charge on any atom is 0.413 e. The Hall–Kier alpha value is -2.20. The first-order valence-corrected chi connectivity index (χ1v) is 10.6. The summed E-state index contributed by atoms with van der Waals surface area (Å²) < 4.78 is 39.4. The second-order valence-corrected chi connectivity index (χ2v) is 7.72.